The van der Waals surface area contributed by atoms with Crippen molar-refractivity contribution in [2.24, 2.45) is 0 Å². The number of rotatable bonds is 7. The minimum atomic E-state index is -0.750. The van der Waals surface area contributed by atoms with E-state index in [2.05, 4.69) is 26.0 Å². The molecule has 0 aliphatic heterocycles. The Hall–Kier alpha value is -3.95. The molecule has 2 aromatic heterocycles. The first-order valence-electron chi connectivity index (χ1n) is 8.83. The second kappa shape index (κ2) is 8.83. The molecule has 0 unspecified atom stereocenters. The fourth-order valence-electron chi connectivity index (χ4n) is 2.41. The average molecular weight is 396 g/mol. The van der Waals surface area contributed by atoms with E-state index in [4.69, 9.17) is 4.42 Å². The molecule has 0 bridgehead atoms. The van der Waals surface area contributed by atoms with Crippen LogP contribution in [0.1, 0.15) is 30.2 Å². The van der Waals surface area contributed by atoms with Gasteiger partial charge in [-0.05, 0) is 44.2 Å². The van der Waals surface area contributed by atoms with Crippen molar-refractivity contribution in [2.45, 2.75) is 25.9 Å². The largest absolute Gasteiger partial charge is 0.472 e. The van der Waals surface area contributed by atoms with E-state index >= 15 is 0 Å². The molecule has 0 radical (unpaired) electrons. The average Bonchev–Trinajstić information content (AvgIpc) is 3.42. The third-order valence-corrected chi connectivity index (χ3v) is 4.16. The van der Waals surface area contributed by atoms with E-state index in [1.807, 2.05) is 0 Å². The normalized spacial score (nSPS) is 12.6. The van der Waals surface area contributed by atoms with E-state index in [-0.39, 0.29) is 11.8 Å². The molecule has 150 valence electrons. The summed E-state index contributed by atoms with van der Waals surface area (Å²) in [5.41, 5.74) is 1.44. The van der Waals surface area contributed by atoms with Crippen molar-refractivity contribution in [1.29, 1.82) is 0 Å². The Morgan fingerprint density at radius 3 is 2.21 bits per heavy atom. The van der Waals surface area contributed by atoms with Gasteiger partial charge in [0.05, 0.1) is 11.8 Å². The van der Waals surface area contributed by atoms with Crippen LogP contribution in [0, 0.1) is 0 Å². The Morgan fingerprint density at radius 2 is 1.66 bits per heavy atom. The zero-order chi connectivity index (χ0) is 20.8. The minimum Gasteiger partial charge on any atom is -0.472 e. The van der Waals surface area contributed by atoms with Gasteiger partial charge in [-0.2, -0.15) is 5.10 Å². The molecule has 1 aromatic carbocycles. The molecule has 3 aromatic rings. The van der Waals surface area contributed by atoms with Gasteiger partial charge in [0, 0.05) is 11.4 Å². The lowest BCUT2D eigenvalue weighted by Gasteiger charge is -2.15. The second-order valence-electron chi connectivity index (χ2n) is 6.31. The highest BCUT2D eigenvalue weighted by Crippen LogP contribution is 2.15. The predicted octanol–water partition coefficient (Wildman–Crippen LogP) is 1.83. The van der Waals surface area contributed by atoms with Gasteiger partial charge in [0.25, 0.3) is 5.91 Å². The lowest BCUT2D eigenvalue weighted by atomic mass is 10.2. The second-order valence-corrected chi connectivity index (χ2v) is 6.31. The smallest absolute Gasteiger partial charge is 0.255 e. The maximum Gasteiger partial charge on any atom is 0.255 e. The molecular weight excluding hydrogens is 376 g/mol. The van der Waals surface area contributed by atoms with Gasteiger partial charge in [0.2, 0.25) is 11.8 Å². The van der Waals surface area contributed by atoms with Crippen LogP contribution in [0.4, 0.5) is 11.4 Å². The van der Waals surface area contributed by atoms with Crippen LogP contribution in [-0.4, -0.2) is 38.5 Å². The number of nitrogens with zero attached hydrogens (tertiary/aromatic N) is 3. The molecule has 3 rings (SSSR count). The summed E-state index contributed by atoms with van der Waals surface area (Å²) in [5, 5.41) is 12.0. The monoisotopic (exact) mass is 396 g/mol. The molecule has 29 heavy (non-hydrogen) atoms. The molecule has 10 nitrogen and oxygen atoms in total. The minimum absolute atomic E-state index is 0.247. The van der Waals surface area contributed by atoms with Gasteiger partial charge in [-0.1, -0.05) is 0 Å². The van der Waals surface area contributed by atoms with Crippen LogP contribution in [0.25, 0.3) is 0 Å². The lowest BCUT2D eigenvalue weighted by molar-refractivity contribution is -0.119. The Bertz CT molecular complexity index is 967. The Labute approximate surface area is 166 Å². The number of furan rings is 1. The first-order chi connectivity index (χ1) is 13.9. The zero-order valence-electron chi connectivity index (χ0n) is 15.8. The van der Waals surface area contributed by atoms with Crippen LogP contribution in [0.5, 0.6) is 0 Å². The van der Waals surface area contributed by atoms with Crippen molar-refractivity contribution in [2.75, 3.05) is 10.6 Å². The lowest BCUT2D eigenvalue weighted by Crippen LogP contribution is -2.41. The van der Waals surface area contributed by atoms with Crippen molar-refractivity contribution in [3.8, 4) is 0 Å². The summed E-state index contributed by atoms with van der Waals surface area (Å²) >= 11 is 0. The number of carbonyl (C=O) groups is 3. The third kappa shape index (κ3) is 5.06. The van der Waals surface area contributed by atoms with Crippen LogP contribution in [0.2, 0.25) is 0 Å². The molecule has 2 atom stereocenters. The number of anilines is 2. The quantitative estimate of drug-likeness (QED) is 0.558. The van der Waals surface area contributed by atoms with E-state index in [1.54, 1.807) is 38.1 Å². The molecule has 2 heterocycles. The molecule has 3 N–H and O–H groups in total. The summed E-state index contributed by atoms with van der Waals surface area (Å²) in [5.74, 6) is -1.03. The summed E-state index contributed by atoms with van der Waals surface area (Å²) in [6, 6.07) is 6.87. The predicted molar refractivity (Wildman–Crippen MR) is 104 cm³/mol. The molecule has 0 aliphatic carbocycles. The number of benzene rings is 1. The maximum absolute atomic E-state index is 12.3. The zero-order valence-corrected chi connectivity index (χ0v) is 15.8. The number of hydrogen-bond donors (Lipinski definition) is 3. The van der Waals surface area contributed by atoms with Crippen LogP contribution >= 0.6 is 0 Å². The standard InChI is InChI=1S/C19H20N6O4/c1-12(22-19(28)14-7-8-29-9-14)17(26)23-15-3-5-16(6-4-15)24-18(27)13(2)25-11-20-10-21-25/h3-13H,1-2H3,(H,22,28)(H,23,26)(H,24,27)/t12-,13+/m0/s1. The summed E-state index contributed by atoms with van der Waals surface area (Å²) in [6.07, 6.45) is 5.51. The van der Waals surface area contributed by atoms with Gasteiger partial charge in [0.15, 0.2) is 0 Å². The first-order valence-corrected chi connectivity index (χ1v) is 8.83. The van der Waals surface area contributed by atoms with Gasteiger partial charge >= 0.3 is 0 Å². The van der Waals surface area contributed by atoms with Crippen LogP contribution in [0.15, 0.2) is 59.9 Å². The summed E-state index contributed by atoms with van der Waals surface area (Å²) in [6.45, 7) is 3.28. The van der Waals surface area contributed by atoms with Gasteiger partial charge < -0.3 is 20.4 Å². The van der Waals surface area contributed by atoms with E-state index in [0.717, 1.165) is 0 Å². The first kappa shape index (κ1) is 19.8. The Morgan fingerprint density at radius 1 is 1.00 bits per heavy atom. The third-order valence-electron chi connectivity index (χ3n) is 4.16. The Balaban J connectivity index is 1.52. The van der Waals surface area contributed by atoms with E-state index in [0.29, 0.717) is 16.9 Å². The Kier molecular flexibility index (Phi) is 6.03. The summed E-state index contributed by atoms with van der Waals surface area (Å²) in [4.78, 5) is 40.3. The SMILES string of the molecule is C[C@H](NC(=O)c1ccoc1)C(=O)Nc1ccc(NC(=O)[C@@H](C)n2cncn2)cc1. The van der Waals surface area contributed by atoms with Crippen LogP contribution < -0.4 is 16.0 Å². The van der Waals surface area contributed by atoms with E-state index < -0.39 is 18.0 Å². The number of nitrogens with one attached hydrogen (secondary N) is 3. The number of hydrogen-bond acceptors (Lipinski definition) is 6. The number of carbonyl (C=O) groups excluding carboxylic acids is 3. The summed E-state index contributed by atoms with van der Waals surface area (Å²) < 4.78 is 6.30. The fraction of sp³-hybridized carbons (Fsp3) is 0.211. The number of amides is 3. The summed E-state index contributed by atoms with van der Waals surface area (Å²) in [7, 11) is 0. The molecule has 0 aliphatic rings. The number of aromatic nitrogens is 3. The van der Waals surface area contributed by atoms with Crippen molar-refractivity contribution < 1.29 is 18.8 Å². The van der Waals surface area contributed by atoms with Gasteiger partial charge in [-0.25, -0.2) is 9.67 Å². The van der Waals surface area contributed by atoms with Gasteiger partial charge in [0.1, 0.15) is 31.0 Å². The molecule has 0 spiro atoms. The van der Waals surface area contributed by atoms with Gasteiger partial charge in [-0.3, -0.25) is 14.4 Å². The molecular formula is C19H20N6O4. The van der Waals surface area contributed by atoms with E-state index in [9.17, 15) is 14.4 Å². The fourth-order valence-corrected chi connectivity index (χ4v) is 2.41. The van der Waals surface area contributed by atoms with Crippen molar-refractivity contribution in [1.82, 2.24) is 20.1 Å². The van der Waals surface area contributed by atoms with Crippen molar-refractivity contribution >= 4 is 29.1 Å². The van der Waals surface area contributed by atoms with Crippen molar-refractivity contribution in [3.05, 3.63) is 61.1 Å². The molecule has 3 amide bonds. The van der Waals surface area contributed by atoms with Gasteiger partial charge in [-0.15, -0.1) is 0 Å². The maximum atomic E-state index is 12.3. The molecule has 0 saturated carbocycles. The molecule has 10 heteroatoms. The molecule has 0 saturated heterocycles. The highest BCUT2D eigenvalue weighted by Gasteiger charge is 2.18. The van der Waals surface area contributed by atoms with E-state index in [1.165, 1.54) is 35.9 Å². The van der Waals surface area contributed by atoms with Crippen LogP contribution in [-0.2, 0) is 9.59 Å². The highest BCUT2D eigenvalue weighted by molar-refractivity contribution is 6.01. The topological polar surface area (TPSA) is 131 Å². The van der Waals surface area contributed by atoms with Crippen molar-refractivity contribution in [3.63, 3.8) is 0 Å². The molecule has 0 fully saturated rings. The van der Waals surface area contributed by atoms with Crippen LogP contribution in [0.3, 0.4) is 0 Å². The highest BCUT2D eigenvalue weighted by atomic mass is 16.3.